The molecule has 1 aromatic rings. The Labute approximate surface area is 181 Å². The lowest BCUT2D eigenvalue weighted by molar-refractivity contribution is -0.923. The van der Waals surface area contributed by atoms with Crippen molar-refractivity contribution in [3.05, 3.63) is 30.3 Å². The van der Waals surface area contributed by atoms with E-state index in [4.69, 9.17) is 4.55 Å². The molecule has 170 valence electrons. The summed E-state index contributed by atoms with van der Waals surface area (Å²) in [5, 5.41) is 0. The molecule has 5 heteroatoms. The quantitative estimate of drug-likeness (QED) is 0.192. The highest BCUT2D eigenvalue weighted by molar-refractivity contribution is 7.85. The van der Waals surface area contributed by atoms with E-state index < -0.39 is 10.1 Å². The summed E-state index contributed by atoms with van der Waals surface area (Å²) in [7, 11) is -4.00. The molecule has 0 saturated carbocycles. The van der Waals surface area contributed by atoms with Crippen LogP contribution >= 0.6 is 0 Å². The highest BCUT2D eigenvalue weighted by atomic mass is 32.2. The van der Waals surface area contributed by atoms with E-state index in [1.165, 1.54) is 107 Å². The number of rotatable bonds is 15. The number of nitrogens with zero attached hydrogens (tertiary/aromatic N) is 1. The van der Waals surface area contributed by atoms with Crippen LogP contribution < -0.4 is 0 Å². The van der Waals surface area contributed by atoms with Crippen molar-refractivity contribution in [3.63, 3.8) is 0 Å². The van der Waals surface area contributed by atoms with Gasteiger partial charge in [-0.05, 0) is 45.7 Å². The molecule has 0 aliphatic heterocycles. The van der Waals surface area contributed by atoms with E-state index in [0.717, 1.165) is 0 Å². The molecular weight excluding hydrogens is 382 g/mol. The molecule has 0 radical (unpaired) electrons. The molecule has 0 atom stereocenters. The molecule has 4 nitrogen and oxygen atoms in total. The lowest BCUT2D eigenvalue weighted by Crippen LogP contribution is -2.48. The highest BCUT2D eigenvalue weighted by Gasteiger charge is 2.19. The molecule has 0 heterocycles. The van der Waals surface area contributed by atoms with E-state index in [0.29, 0.717) is 0 Å². The predicted molar refractivity (Wildman–Crippen MR) is 125 cm³/mol. The van der Waals surface area contributed by atoms with Crippen molar-refractivity contribution in [1.29, 1.82) is 0 Å². The van der Waals surface area contributed by atoms with Crippen molar-refractivity contribution in [2.45, 2.75) is 96.8 Å². The Hall–Kier alpha value is -0.910. The molecule has 0 fully saturated rings. The summed E-state index contributed by atoms with van der Waals surface area (Å²) in [6.45, 7) is 14.7. The van der Waals surface area contributed by atoms with Gasteiger partial charge < -0.3 is 4.48 Å². The number of hydrogen-bond acceptors (Lipinski definition) is 2. The van der Waals surface area contributed by atoms with Crippen LogP contribution in [0.15, 0.2) is 35.2 Å². The topological polar surface area (TPSA) is 54.4 Å². The third kappa shape index (κ3) is 13.8. The third-order valence-electron chi connectivity index (χ3n) is 6.04. The van der Waals surface area contributed by atoms with Crippen molar-refractivity contribution in [1.82, 2.24) is 0 Å². The van der Waals surface area contributed by atoms with Crippen molar-refractivity contribution in [2.24, 2.45) is 0 Å². The molecule has 0 aromatic heterocycles. The Kier molecular flexibility index (Phi) is 16.3. The van der Waals surface area contributed by atoms with Crippen LogP contribution in [0.1, 0.15) is 91.9 Å². The molecule has 0 saturated heterocycles. The van der Waals surface area contributed by atoms with E-state index in [2.05, 4.69) is 27.7 Å². The fraction of sp³-hybridized carbons (Fsp3) is 0.750. The molecule has 1 aromatic carbocycles. The SMILES string of the molecule is CCCCCCCCCCCC[N+](CC)(CC)CC.O=S(=O)(O)c1ccccc1. The van der Waals surface area contributed by atoms with E-state index in [1.807, 2.05) is 0 Å². The van der Waals surface area contributed by atoms with E-state index in [-0.39, 0.29) is 4.90 Å². The minimum atomic E-state index is -4.00. The first kappa shape index (κ1) is 28.1. The molecule has 1 rings (SSSR count). The van der Waals surface area contributed by atoms with E-state index in [1.54, 1.807) is 18.2 Å². The van der Waals surface area contributed by atoms with Gasteiger partial charge in [0.15, 0.2) is 0 Å². The molecule has 0 bridgehead atoms. The van der Waals surface area contributed by atoms with Crippen LogP contribution in [0.5, 0.6) is 0 Å². The maximum atomic E-state index is 10.4. The number of unbranched alkanes of at least 4 members (excludes halogenated alkanes) is 9. The average Bonchev–Trinajstić information content (AvgIpc) is 2.73. The van der Waals surface area contributed by atoms with Crippen LogP contribution in [0.4, 0.5) is 0 Å². The molecule has 0 aliphatic carbocycles. The first-order valence-electron chi connectivity index (χ1n) is 11.7. The van der Waals surface area contributed by atoms with Crippen LogP contribution in [0.3, 0.4) is 0 Å². The standard InChI is InChI=1S/C18H40N.C6H6O3S/c1-5-9-10-11-12-13-14-15-16-17-18-19(6-2,7-3)8-4;7-10(8,9)6-4-2-1-3-5-6/h5-18H2,1-4H3;1-5H,(H,7,8,9)/q+1;. The van der Waals surface area contributed by atoms with Gasteiger partial charge in [-0.15, -0.1) is 0 Å². The summed E-state index contributed by atoms with van der Waals surface area (Å²) in [5.41, 5.74) is 0. The smallest absolute Gasteiger partial charge is 0.294 e. The Bertz CT molecular complexity index is 575. The number of quaternary nitrogens is 1. The van der Waals surface area contributed by atoms with Crippen molar-refractivity contribution in [3.8, 4) is 0 Å². The van der Waals surface area contributed by atoms with E-state index >= 15 is 0 Å². The van der Waals surface area contributed by atoms with Crippen LogP contribution in [-0.2, 0) is 10.1 Å². The first-order valence-corrected chi connectivity index (χ1v) is 13.2. The van der Waals surface area contributed by atoms with E-state index in [9.17, 15) is 8.42 Å². The van der Waals surface area contributed by atoms with Crippen LogP contribution in [-0.4, -0.2) is 43.6 Å². The Morgan fingerprint density at radius 1 is 0.690 bits per heavy atom. The van der Waals surface area contributed by atoms with Gasteiger partial charge >= 0.3 is 0 Å². The van der Waals surface area contributed by atoms with Gasteiger partial charge in [-0.25, -0.2) is 0 Å². The maximum absolute atomic E-state index is 10.4. The minimum Gasteiger partial charge on any atom is -0.324 e. The highest BCUT2D eigenvalue weighted by Crippen LogP contribution is 2.13. The van der Waals surface area contributed by atoms with Crippen LogP contribution in [0, 0.1) is 0 Å². The normalized spacial score (nSPS) is 11.8. The monoisotopic (exact) mass is 428 g/mol. The van der Waals surface area contributed by atoms with Crippen LogP contribution in [0.2, 0.25) is 0 Å². The second-order valence-corrected chi connectivity index (χ2v) is 9.41. The summed E-state index contributed by atoms with van der Waals surface area (Å²) in [4.78, 5) is -0.0741. The summed E-state index contributed by atoms with van der Waals surface area (Å²) >= 11 is 0. The minimum absolute atomic E-state index is 0.0741. The summed E-state index contributed by atoms with van der Waals surface area (Å²) in [6, 6.07) is 7.42. The molecule has 1 N–H and O–H groups in total. The Balaban J connectivity index is 0.000000651. The summed E-state index contributed by atoms with van der Waals surface area (Å²) < 4.78 is 30.6. The van der Waals surface area contributed by atoms with Crippen molar-refractivity contribution >= 4 is 10.1 Å². The molecule has 29 heavy (non-hydrogen) atoms. The molecular formula is C24H46NO3S+. The number of hydrogen-bond donors (Lipinski definition) is 1. The second kappa shape index (κ2) is 16.8. The summed E-state index contributed by atoms with van der Waals surface area (Å²) in [6.07, 6.45) is 14.5. The van der Waals surface area contributed by atoms with Gasteiger partial charge in [0.2, 0.25) is 0 Å². The molecule has 0 unspecified atom stereocenters. The molecule has 0 spiro atoms. The average molecular weight is 429 g/mol. The Morgan fingerprint density at radius 3 is 1.45 bits per heavy atom. The van der Waals surface area contributed by atoms with Gasteiger partial charge in [0.05, 0.1) is 31.1 Å². The fourth-order valence-corrected chi connectivity index (χ4v) is 4.17. The van der Waals surface area contributed by atoms with Crippen molar-refractivity contribution in [2.75, 3.05) is 26.2 Å². The van der Waals surface area contributed by atoms with Gasteiger partial charge in [-0.3, -0.25) is 4.55 Å². The predicted octanol–water partition coefficient (Wildman–Crippen LogP) is 6.72. The van der Waals surface area contributed by atoms with Gasteiger partial charge in [-0.2, -0.15) is 8.42 Å². The number of benzene rings is 1. The van der Waals surface area contributed by atoms with Crippen LogP contribution in [0.25, 0.3) is 0 Å². The summed E-state index contributed by atoms with van der Waals surface area (Å²) in [5.74, 6) is 0. The van der Waals surface area contributed by atoms with Gasteiger partial charge in [0.1, 0.15) is 0 Å². The largest absolute Gasteiger partial charge is 0.324 e. The lowest BCUT2D eigenvalue weighted by atomic mass is 10.1. The van der Waals surface area contributed by atoms with Gasteiger partial charge in [0, 0.05) is 0 Å². The third-order valence-corrected chi connectivity index (χ3v) is 6.91. The zero-order valence-corrected chi connectivity index (χ0v) is 20.2. The molecule has 0 aliphatic rings. The molecule has 0 amide bonds. The Morgan fingerprint density at radius 2 is 1.10 bits per heavy atom. The zero-order valence-electron chi connectivity index (χ0n) is 19.4. The second-order valence-electron chi connectivity index (χ2n) is 7.98. The fourth-order valence-electron chi connectivity index (χ4n) is 3.67. The maximum Gasteiger partial charge on any atom is 0.294 e. The van der Waals surface area contributed by atoms with Crippen molar-refractivity contribution < 1.29 is 17.5 Å². The zero-order chi connectivity index (χ0) is 22.0. The first-order chi connectivity index (χ1) is 13.8. The van der Waals surface area contributed by atoms with Gasteiger partial charge in [0.25, 0.3) is 10.1 Å². The van der Waals surface area contributed by atoms with Gasteiger partial charge in [-0.1, -0.05) is 76.5 Å². The lowest BCUT2D eigenvalue weighted by Gasteiger charge is -2.35.